The van der Waals surface area contributed by atoms with E-state index >= 15 is 0 Å². The Morgan fingerprint density at radius 3 is 2.59 bits per heavy atom. The van der Waals surface area contributed by atoms with Crippen LogP contribution in [0.3, 0.4) is 0 Å². The third kappa shape index (κ3) is 4.43. The van der Waals surface area contributed by atoms with Crippen LogP contribution in [-0.4, -0.2) is 74.2 Å². The summed E-state index contributed by atoms with van der Waals surface area (Å²) < 4.78 is 6.03. The number of amides is 1. The van der Waals surface area contributed by atoms with Gasteiger partial charge in [-0.1, -0.05) is 6.42 Å². The second kappa shape index (κ2) is 8.27. The predicted molar refractivity (Wildman–Crippen MR) is 86.8 cm³/mol. The van der Waals surface area contributed by atoms with Gasteiger partial charge in [0.1, 0.15) is 0 Å². The van der Waals surface area contributed by atoms with Crippen LogP contribution >= 0.6 is 0 Å². The van der Waals surface area contributed by atoms with Gasteiger partial charge >= 0.3 is 0 Å². The van der Waals surface area contributed by atoms with Crippen LogP contribution in [0.15, 0.2) is 0 Å². The minimum Gasteiger partial charge on any atom is -0.375 e. The van der Waals surface area contributed by atoms with Crippen molar-refractivity contribution in [1.29, 1.82) is 0 Å². The quantitative estimate of drug-likeness (QED) is 0.848. The van der Waals surface area contributed by atoms with Crippen molar-refractivity contribution in [1.82, 2.24) is 15.1 Å². The molecule has 3 fully saturated rings. The van der Waals surface area contributed by atoms with E-state index in [1.165, 1.54) is 32.4 Å². The molecule has 0 aliphatic carbocycles. The number of nitrogens with one attached hydrogen (secondary N) is 1. The summed E-state index contributed by atoms with van der Waals surface area (Å²) in [4.78, 5) is 17.4. The van der Waals surface area contributed by atoms with Gasteiger partial charge < -0.3 is 19.9 Å². The standard InChI is InChI=1S/C17H31N3O2/c21-17(15-5-7-18-8-6-15)20-11-4-12-22-16(14-20)13-19-9-2-1-3-10-19/h15-16,18H,1-14H2. The van der Waals surface area contributed by atoms with Crippen molar-refractivity contribution in [2.45, 2.75) is 44.6 Å². The Morgan fingerprint density at radius 2 is 1.82 bits per heavy atom. The first kappa shape index (κ1) is 16.2. The third-order valence-electron chi connectivity index (χ3n) is 5.26. The van der Waals surface area contributed by atoms with Gasteiger partial charge in [-0.15, -0.1) is 0 Å². The molecule has 3 rings (SSSR count). The molecule has 5 heteroatoms. The summed E-state index contributed by atoms with van der Waals surface area (Å²) in [6, 6.07) is 0. The van der Waals surface area contributed by atoms with E-state index in [2.05, 4.69) is 15.1 Å². The highest BCUT2D eigenvalue weighted by Crippen LogP contribution is 2.18. The molecule has 0 bridgehead atoms. The van der Waals surface area contributed by atoms with Gasteiger partial charge in [0.25, 0.3) is 0 Å². The molecule has 0 aromatic carbocycles. The Balaban J connectivity index is 1.53. The molecule has 3 aliphatic heterocycles. The lowest BCUT2D eigenvalue weighted by atomic mass is 9.96. The van der Waals surface area contributed by atoms with Gasteiger partial charge in [-0.3, -0.25) is 4.79 Å². The zero-order chi connectivity index (χ0) is 15.2. The molecule has 3 heterocycles. The smallest absolute Gasteiger partial charge is 0.225 e. The van der Waals surface area contributed by atoms with Gasteiger partial charge in [0.05, 0.1) is 6.10 Å². The molecule has 22 heavy (non-hydrogen) atoms. The van der Waals surface area contributed by atoms with Crippen molar-refractivity contribution in [2.75, 3.05) is 52.4 Å². The molecule has 0 saturated carbocycles. The van der Waals surface area contributed by atoms with Gasteiger partial charge in [-0.2, -0.15) is 0 Å². The monoisotopic (exact) mass is 309 g/mol. The maximum Gasteiger partial charge on any atom is 0.225 e. The SMILES string of the molecule is O=C(C1CCNCC1)N1CCCOC(CN2CCCCC2)C1. The van der Waals surface area contributed by atoms with Crippen molar-refractivity contribution in [3.63, 3.8) is 0 Å². The van der Waals surface area contributed by atoms with Crippen molar-refractivity contribution in [3.05, 3.63) is 0 Å². The van der Waals surface area contributed by atoms with E-state index in [1.807, 2.05) is 0 Å². The van der Waals surface area contributed by atoms with E-state index in [1.54, 1.807) is 0 Å². The van der Waals surface area contributed by atoms with E-state index in [0.717, 1.165) is 58.6 Å². The van der Waals surface area contributed by atoms with Gasteiger partial charge in [-0.05, 0) is 58.3 Å². The number of hydrogen-bond donors (Lipinski definition) is 1. The van der Waals surface area contributed by atoms with Crippen molar-refractivity contribution >= 4 is 5.91 Å². The van der Waals surface area contributed by atoms with Crippen molar-refractivity contribution in [3.8, 4) is 0 Å². The summed E-state index contributed by atoms with van der Waals surface area (Å²) in [5, 5.41) is 3.35. The number of carbonyl (C=O) groups excluding carboxylic acids is 1. The number of ether oxygens (including phenoxy) is 1. The zero-order valence-electron chi connectivity index (χ0n) is 13.8. The number of nitrogens with zero attached hydrogens (tertiary/aromatic N) is 2. The van der Waals surface area contributed by atoms with Crippen LogP contribution < -0.4 is 5.32 Å². The summed E-state index contributed by atoms with van der Waals surface area (Å²) >= 11 is 0. The Bertz CT molecular complexity index is 352. The lowest BCUT2D eigenvalue weighted by Gasteiger charge is -2.33. The number of hydrogen-bond acceptors (Lipinski definition) is 4. The molecule has 1 atom stereocenters. The Hall–Kier alpha value is -0.650. The van der Waals surface area contributed by atoms with Gasteiger partial charge in [-0.25, -0.2) is 0 Å². The van der Waals surface area contributed by atoms with E-state index in [4.69, 9.17) is 4.74 Å². The molecular weight excluding hydrogens is 278 g/mol. The molecule has 1 amide bonds. The minimum atomic E-state index is 0.200. The summed E-state index contributed by atoms with van der Waals surface area (Å²) in [6.45, 7) is 7.82. The summed E-state index contributed by atoms with van der Waals surface area (Å²) in [5.41, 5.74) is 0. The molecule has 0 aromatic rings. The third-order valence-corrected chi connectivity index (χ3v) is 5.26. The second-order valence-electron chi connectivity index (χ2n) is 7.02. The summed E-state index contributed by atoms with van der Waals surface area (Å²) in [7, 11) is 0. The molecule has 1 unspecified atom stereocenters. The molecular formula is C17H31N3O2. The number of likely N-dealkylation sites (tertiary alicyclic amines) is 1. The van der Waals surface area contributed by atoms with Gasteiger partial charge in [0, 0.05) is 32.2 Å². The molecule has 0 spiro atoms. The number of carbonyl (C=O) groups is 1. The van der Waals surface area contributed by atoms with Gasteiger partial charge in [0.15, 0.2) is 0 Å². The molecule has 1 N–H and O–H groups in total. The summed E-state index contributed by atoms with van der Waals surface area (Å²) in [6.07, 6.45) is 7.15. The van der Waals surface area contributed by atoms with Crippen LogP contribution in [-0.2, 0) is 9.53 Å². The van der Waals surface area contributed by atoms with Crippen LogP contribution in [0.25, 0.3) is 0 Å². The second-order valence-corrected chi connectivity index (χ2v) is 7.02. The topological polar surface area (TPSA) is 44.8 Å². The lowest BCUT2D eigenvalue weighted by Crippen LogP contribution is -2.46. The van der Waals surface area contributed by atoms with E-state index in [-0.39, 0.29) is 12.0 Å². The Kier molecular flexibility index (Phi) is 6.10. The Morgan fingerprint density at radius 1 is 1.05 bits per heavy atom. The average Bonchev–Trinajstić information content (AvgIpc) is 2.81. The van der Waals surface area contributed by atoms with Crippen LogP contribution in [0.1, 0.15) is 38.5 Å². The number of piperidine rings is 2. The number of rotatable bonds is 3. The summed E-state index contributed by atoms with van der Waals surface area (Å²) in [5.74, 6) is 0.602. The molecule has 3 saturated heterocycles. The molecule has 0 aromatic heterocycles. The Labute approximate surface area is 134 Å². The predicted octanol–water partition coefficient (Wildman–Crippen LogP) is 1.09. The fourth-order valence-corrected chi connectivity index (χ4v) is 3.96. The lowest BCUT2D eigenvalue weighted by molar-refractivity contribution is -0.137. The maximum absolute atomic E-state index is 12.8. The highest BCUT2D eigenvalue weighted by molar-refractivity contribution is 5.79. The minimum absolute atomic E-state index is 0.200. The van der Waals surface area contributed by atoms with Gasteiger partial charge in [0.2, 0.25) is 5.91 Å². The highest BCUT2D eigenvalue weighted by atomic mass is 16.5. The largest absolute Gasteiger partial charge is 0.375 e. The molecule has 126 valence electrons. The van der Waals surface area contributed by atoms with E-state index in [0.29, 0.717) is 5.91 Å². The first-order chi connectivity index (χ1) is 10.8. The van der Waals surface area contributed by atoms with Crippen molar-refractivity contribution in [2.24, 2.45) is 5.92 Å². The zero-order valence-corrected chi connectivity index (χ0v) is 13.8. The fourth-order valence-electron chi connectivity index (χ4n) is 3.96. The van der Waals surface area contributed by atoms with Crippen molar-refractivity contribution < 1.29 is 9.53 Å². The van der Waals surface area contributed by atoms with E-state index < -0.39 is 0 Å². The van der Waals surface area contributed by atoms with Crippen LogP contribution in [0.2, 0.25) is 0 Å². The van der Waals surface area contributed by atoms with Crippen LogP contribution in [0.4, 0.5) is 0 Å². The van der Waals surface area contributed by atoms with Crippen LogP contribution in [0, 0.1) is 5.92 Å². The highest BCUT2D eigenvalue weighted by Gasteiger charge is 2.29. The first-order valence-corrected chi connectivity index (χ1v) is 9.16. The average molecular weight is 309 g/mol. The molecule has 3 aliphatic rings. The molecule has 5 nitrogen and oxygen atoms in total. The van der Waals surface area contributed by atoms with E-state index in [9.17, 15) is 4.79 Å². The van der Waals surface area contributed by atoms with Crippen LogP contribution in [0.5, 0.6) is 0 Å². The first-order valence-electron chi connectivity index (χ1n) is 9.16. The molecule has 0 radical (unpaired) electrons. The fraction of sp³-hybridized carbons (Fsp3) is 0.941. The maximum atomic E-state index is 12.8. The normalized spacial score (nSPS) is 29.3.